The van der Waals surface area contributed by atoms with E-state index in [1.165, 1.54) is 109 Å². The highest BCUT2D eigenvalue weighted by molar-refractivity contribution is 7.45. The summed E-state index contributed by atoms with van der Waals surface area (Å²) >= 11 is 0. The van der Waals surface area contributed by atoms with Crippen LogP contribution in [-0.4, -0.2) is 70.0 Å². The van der Waals surface area contributed by atoms with Crippen LogP contribution in [0.2, 0.25) is 0 Å². The van der Waals surface area contributed by atoms with Crippen molar-refractivity contribution in [3.05, 3.63) is 12.2 Å². The molecule has 1 unspecified atom stereocenters. The van der Waals surface area contributed by atoms with Crippen molar-refractivity contribution >= 4 is 19.8 Å². The second-order valence-corrected chi connectivity index (χ2v) is 17.1. The molecule has 0 aliphatic carbocycles. The molecule has 308 valence electrons. The fourth-order valence-electron chi connectivity index (χ4n) is 5.88. The van der Waals surface area contributed by atoms with E-state index in [4.69, 9.17) is 18.5 Å². The third kappa shape index (κ3) is 38.5. The minimum Gasteiger partial charge on any atom is -0.756 e. The number of esters is 2. The summed E-state index contributed by atoms with van der Waals surface area (Å²) in [5, 5.41) is 0. The molecular weight excluding hydrogens is 677 g/mol. The predicted octanol–water partition coefficient (Wildman–Crippen LogP) is 11.2. The molecule has 0 aromatic rings. The average molecular weight is 760 g/mol. The van der Waals surface area contributed by atoms with Crippen LogP contribution < -0.4 is 4.89 Å². The Kier molecular flexibility index (Phi) is 34.6. The molecule has 0 radical (unpaired) electrons. The van der Waals surface area contributed by atoms with E-state index < -0.39 is 26.5 Å². The van der Waals surface area contributed by atoms with Gasteiger partial charge >= 0.3 is 11.9 Å². The van der Waals surface area contributed by atoms with Gasteiger partial charge in [-0.3, -0.25) is 14.2 Å². The van der Waals surface area contributed by atoms with Crippen LogP contribution in [0.5, 0.6) is 0 Å². The Labute approximate surface area is 320 Å². The Morgan fingerprint density at radius 3 is 1.42 bits per heavy atom. The van der Waals surface area contributed by atoms with Gasteiger partial charge in [-0.1, -0.05) is 154 Å². The van der Waals surface area contributed by atoms with E-state index in [-0.39, 0.29) is 32.0 Å². The monoisotopic (exact) mass is 760 g/mol. The second-order valence-electron chi connectivity index (χ2n) is 15.7. The van der Waals surface area contributed by atoms with Crippen LogP contribution in [0.15, 0.2) is 12.2 Å². The van der Waals surface area contributed by atoms with Gasteiger partial charge in [-0.05, 0) is 38.5 Å². The van der Waals surface area contributed by atoms with E-state index in [1.807, 2.05) is 21.1 Å². The lowest BCUT2D eigenvalue weighted by molar-refractivity contribution is -0.870. The summed E-state index contributed by atoms with van der Waals surface area (Å²) in [6.07, 6.45) is 35.1. The van der Waals surface area contributed by atoms with E-state index in [9.17, 15) is 19.0 Å². The molecule has 0 N–H and O–H groups in total. The van der Waals surface area contributed by atoms with Crippen molar-refractivity contribution in [2.24, 2.45) is 0 Å². The number of carbonyl (C=O) groups excluding carboxylic acids is 2. The average Bonchev–Trinajstić information content (AvgIpc) is 3.09. The molecule has 0 aromatic carbocycles. The molecular formula is C42H82NO8P. The van der Waals surface area contributed by atoms with Gasteiger partial charge in [0.05, 0.1) is 27.7 Å². The van der Waals surface area contributed by atoms with E-state index in [0.29, 0.717) is 17.4 Å². The number of allylic oxidation sites excluding steroid dienone is 2. The number of hydrogen-bond donors (Lipinski definition) is 0. The Morgan fingerprint density at radius 2 is 0.981 bits per heavy atom. The first-order chi connectivity index (χ1) is 25.0. The van der Waals surface area contributed by atoms with E-state index in [1.54, 1.807) is 0 Å². The first-order valence-corrected chi connectivity index (χ1v) is 22.9. The molecule has 0 fully saturated rings. The summed E-state index contributed by atoms with van der Waals surface area (Å²) in [5.74, 6) is -0.837. The van der Waals surface area contributed by atoms with Crippen LogP contribution >= 0.6 is 7.82 Å². The van der Waals surface area contributed by atoms with Crippen molar-refractivity contribution in [2.75, 3.05) is 47.5 Å². The Morgan fingerprint density at radius 1 is 0.577 bits per heavy atom. The molecule has 0 amide bonds. The van der Waals surface area contributed by atoms with Crippen molar-refractivity contribution in [1.82, 2.24) is 0 Å². The highest BCUT2D eigenvalue weighted by Gasteiger charge is 2.21. The fourth-order valence-corrected chi connectivity index (χ4v) is 6.61. The molecule has 0 heterocycles. The number of rotatable bonds is 39. The van der Waals surface area contributed by atoms with E-state index in [2.05, 4.69) is 26.0 Å². The van der Waals surface area contributed by atoms with Gasteiger partial charge in [-0.15, -0.1) is 0 Å². The Bertz CT molecular complexity index is 907. The molecule has 0 aliphatic heterocycles. The van der Waals surface area contributed by atoms with Crippen LogP contribution in [0.4, 0.5) is 0 Å². The summed E-state index contributed by atoms with van der Waals surface area (Å²) in [6.45, 7) is 4.22. The molecule has 0 saturated heterocycles. The van der Waals surface area contributed by atoms with Crippen molar-refractivity contribution in [3.8, 4) is 0 Å². The zero-order valence-corrected chi connectivity index (χ0v) is 35.4. The first kappa shape index (κ1) is 50.8. The SMILES string of the molecule is CCCCCCCC/C=C\CCCCCCCC(=O)O[C@@H](COC(=O)CCCCCCCCCCCCCCC)COP(=O)([O-])OCC[N+](C)(C)C. The summed E-state index contributed by atoms with van der Waals surface area (Å²) < 4.78 is 33.8. The Balaban J connectivity index is 4.37. The molecule has 52 heavy (non-hydrogen) atoms. The van der Waals surface area contributed by atoms with Gasteiger partial charge in [0.1, 0.15) is 19.8 Å². The Hall–Kier alpha value is -1.25. The fraction of sp³-hybridized carbons (Fsp3) is 0.905. The number of carbonyl (C=O) groups is 2. The first-order valence-electron chi connectivity index (χ1n) is 21.4. The van der Waals surface area contributed by atoms with Crippen molar-refractivity contribution < 1.29 is 42.1 Å². The third-order valence-corrected chi connectivity index (χ3v) is 10.2. The molecule has 0 aliphatic rings. The van der Waals surface area contributed by atoms with Crippen LogP contribution in [-0.2, 0) is 32.7 Å². The zero-order valence-electron chi connectivity index (χ0n) is 34.5. The smallest absolute Gasteiger partial charge is 0.306 e. The van der Waals surface area contributed by atoms with Gasteiger partial charge in [-0.2, -0.15) is 0 Å². The molecule has 10 heteroatoms. The normalized spacial score (nSPS) is 13.7. The van der Waals surface area contributed by atoms with Crippen LogP contribution in [0.1, 0.15) is 194 Å². The maximum Gasteiger partial charge on any atom is 0.306 e. The van der Waals surface area contributed by atoms with Gasteiger partial charge in [0.25, 0.3) is 7.82 Å². The quantitative estimate of drug-likeness (QED) is 0.0200. The van der Waals surface area contributed by atoms with E-state index in [0.717, 1.165) is 51.4 Å². The maximum atomic E-state index is 12.6. The molecule has 0 spiro atoms. The highest BCUT2D eigenvalue weighted by Crippen LogP contribution is 2.38. The number of ether oxygens (including phenoxy) is 2. The summed E-state index contributed by atoms with van der Waals surface area (Å²) in [4.78, 5) is 37.4. The second kappa shape index (κ2) is 35.5. The lowest BCUT2D eigenvalue weighted by Crippen LogP contribution is -2.37. The minimum absolute atomic E-state index is 0.0294. The molecule has 0 aromatic heterocycles. The number of likely N-dealkylation sites (N-methyl/N-ethyl adjacent to an activating group) is 1. The summed E-state index contributed by atoms with van der Waals surface area (Å²) in [6, 6.07) is 0. The van der Waals surface area contributed by atoms with E-state index >= 15 is 0 Å². The minimum atomic E-state index is -4.62. The number of hydrogen-bond acceptors (Lipinski definition) is 8. The zero-order chi connectivity index (χ0) is 38.6. The molecule has 2 atom stereocenters. The van der Waals surface area contributed by atoms with Crippen LogP contribution in [0.3, 0.4) is 0 Å². The van der Waals surface area contributed by atoms with Crippen molar-refractivity contribution in [3.63, 3.8) is 0 Å². The van der Waals surface area contributed by atoms with Crippen LogP contribution in [0.25, 0.3) is 0 Å². The number of phosphoric acid groups is 1. The molecule has 0 rings (SSSR count). The largest absolute Gasteiger partial charge is 0.756 e. The lowest BCUT2D eigenvalue weighted by Gasteiger charge is -2.28. The number of nitrogens with zero attached hydrogens (tertiary/aromatic N) is 1. The van der Waals surface area contributed by atoms with Gasteiger partial charge in [0.2, 0.25) is 0 Å². The molecule has 9 nitrogen and oxygen atoms in total. The van der Waals surface area contributed by atoms with Gasteiger partial charge in [0.15, 0.2) is 6.10 Å². The highest BCUT2D eigenvalue weighted by atomic mass is 31.2. The maximum absolute atomic E-state index is 12.6. The number of phosphoric ester groups is 1. The van der Waals surface area contributed by atoms with Gasteiger partial charge in [-0.25, -0.2) is 0 Å². The summed E-state index contributed by atoms with van der Waals surface area (Å²) in [7, 11) is 1.17. The van der Waals surface area contributed by atoms with Crippen LogP contribution in [0, 0.1) is 0 Å². The van der Waals surface area contributed by atoms with Crippen molar-refractivity contribution in [1.29, 1.82) is 0 Å². The molecule has 0 saturated carbocycles. The third-order valence-electron chi connectivity index (χ3n) is 9.29. The predicted molar refractivity (Wildman–Crippen MR) is 213 cm³/mol. The van der Waals surface area contributed by atoms with Crippen molar-refractivity contribution in [2.45, 2.75) is 200 Å². The topological polar surface area (TPSA) is 111 Å². The standard InChI is InChI=1S/C42H82NO8P/c1-6-8-10-12-14-16-18-20-21-23-25-27-29-31-33-35-42(45)51-40(39-50-52(46,47)49-37-36-43(3,4)5)38-48-41(44)34-32-30-28-26-24-22-19-17-15-13-11-9-7-2/h20-21,40H,6-19,22-39H2,1-5H3/b21-20-/t40-/m0/s1. The number of unbranched alkanes of at least 4 members (excludes halogenated alkanes) is 23. The molecule has 0 bridgehead atoms. The van der Waals surface area contributed by atoms with Gasteiger partial charge < -0.3 is 27.9 Å². The lowest BCUT2D eigenvalue weighted by atomic mass is 10.0. The summed E-state index contributed by atoms with van der Waals surface area (Å²) in [5.41, 5.74) is 0. The van der Waals surface area contributed by atoms with Gasteiger partial charge in [0, 0.05) is 12.8 Å². The number of quaternary nitrogens is 1.